The third-order valence-electron chi connectivity index (χ3n) is 6.95. The Morgan fingerprint density at radius 2 is 2.07 bits per heavy atom. The van der Waals surface area contributed by atoms with Crippen LogP contribution in [0.4, 0.5) is 4.39 Å². The molecule has 6 nitrogen and oxygen atoms in total. The average molecular weight is 413 g/mol. The van der Waals surface area contributed by atoms with Gasteiger partial charge in [0, 0.05) is 30.5 Å². The standard InChI is InChI=1S/C23H29FN4O2/c1-26-15-28-10-3-2-4-20(28)23(29)19(26)9-13-27-11-7-16(8-12-27)22-18-6-5-17(24)14-21(18)30-25-22/h4-6,14,16,19H,2-3,7-13,15H2,1H3. The monoisotopic (exact) mass is 412 g/mol. The number of hydrogen-bond acceptors (Lipinski definition) is 6. The van der Waals surface area contributed by atoms with E-state index in [1.807, 2.05) is 0 Å². The van der Waals surface area contributed by atoms with Crippen molar-refractivity contribution >= 4 is 16.8 Å². The van der Waals surface area contributed by atoms with Crippen LogP contribution in [-0.4, -0.2) is 71.6 Å². The molecule has 1 atom stereocenters. The van der Waals surface area contributed by atoms with E-state index in [1.165, 1.54) is 12.1 Å². The molecule has 2 saturated heterocycles. The second-order valence-corrected chi connectivity index (χ2v) is 8.89. The summed E-state index contributed by atoms with van der Waals surface area (Å²) in [6.07, 6.45) is 7.17. The van der Waals surface area contributed by atoms with Gasteiger partial charge in [-0.1, -0.05) is 11.2 Å². The maximum Gasteiger partial charge on any atom is 0.195 e. The van der Waals surface area contributed by atoms with Gasteiger partial charge in [-0.05, 0) is 64.4 Å². The molecule has 0 saturated carbocycles. The molecule has 0 radical (unpaired) electrons. The highest BCUT2D eigenvalue weighted by Gasteiger charge is 2.36. The lowest BCUT2D eigenvalue weighted by Gasteiger charge is -2.43. The third kappa shape index (κ3) is 3.65. The minimum Gasteiger partial charge on any atom is -0.356 e. The molecule has 2 aromatic rings. The number of hydrogen-bond donors (Lipinski definition) is 0. The minimum atomic E-state index is -0.297. The molecule has 0 N–H and O–H groups in total. The molecular formula is C23H29FN4O2. The summed E-state index contributed by atoms with van der Waals surface area (Å²) < 4.78 is 18.7. The number of likely N-dealkylation sites (tertiary alicyclic amines) is 1. The van der Waals surface area contributed by atoms with Crippen molar-refractivity contribution in [2.24, 2.45) is 0 Å². The Morgan fingerprint density at radius 1 is 1.23 bits per heavy atom. The molecule has 3 aliphatic heterocycles. The zero-order chi connectivity index (χ0) is 20.7. The van der Waals surface area contributed by atoms with Crippen LogP contribution in [-0.2, 0) is 4.79 Å². The highest BCUT2D eigenvalue weighted by molar-refractivity contribution is 5.99. The molecule has 3 aliphatic rings. The van der Waals surface area contributed by atoms with Gasteiger partial charge in [0.2, 0.25) is 0 Å². The summed E-state index contributed by atoms with van der Waals surface area (Å²) in [4.78, 5) is 19.9. The fourth-order valence-electron chi connectivity index (χ4n) is 5.22. The molecule has 30 heavy (non-hydrogen) atoms. The van der Waals surface area contributed by atoms with Crippen molar-refractivity contribution in [3.05, 3.63) is 41.5 Å². The quantitative estimate of drug-likeness (QED) is 0.768. The van der Waals surface area contributed by atoms with Gasteiger partial charge in [-0.3, -0.25) is 9.69 Å². The smallest absolute Gasteiger partial charge is 0.195 e. The Bertz CT molecular complexity index is 963. The molecule has 1 aromatic carbocycles. The van der Waals surface area contributed by atoms with Gasteiger partial charge >= 0.3 is 0 Å². The number of Topliss-reactive ketones (excluding diaryl/α,β-unsaturated/α-hetero) is 1. The van der Waals surface area contributed by atoms with E-state index >= 15 is 0 Å². The van der Waals surface area contributed by atoms with Crippen molar-refractivity contribution in [3.8, 4) is 0 Å². The number of piperidine rings is 1. The summed E-state index contributed by atoms with van der Waals surface area (Å²) in [6.45, 7) is 4.75. The first kappa shape index (κ1) is 19.7. The van der Waals surface area contributed by atoms with E-state index in [-0.39, 0.29) is 11.9 Å². The predicted octanol–water partition coefficient (Wildman–Crippen LogP) is 3.36. The number of carbonyl (C=O) groups is 1. The van der Waals surface area contributed by atoms with Crippen LogP contribution in [0.3, 0.4) is 0 Å². The van der Waals surface area contributed by atoms with Gasteiger partial charge in [0.05, 0.1) is 24.1 Å². The van der Waals surface area contributed by atoms with E-state index < -0.39 is 0 Å². The predicted molar refractivity (Wildman–Crippen MR) is 112 cm³/mol. The lowest BCUT2D eigenvalue weighted by molar-refractivity contribution is -0.127. The second-order valence-electron chi connectivity index (χ2n) is 8.89. The van der Waals surface area contributed by atoms with E-state index in [1.54, 1.807) is 6.07 Å². The maximum absolute atomic E-state index is 13.4. The molecule has 1 aromatic heterocycles. The zero-order valence-corrected chi connectivity index (χ0v) is 17.5. The van der Waals surface area contributed by atoms with E-state index in [4.69, 9.17) is 4.52 Å². The Labute approximate surface area is 176 Å². The maximum atomic E-state index is 13.4. The first-order valence-electron chi connectivity index (χ1n) is 11.1. The zero-order valence-electron chi connectivity index (χ0n) is 17.5. The molecule has 5 rings (SSSR count). The number of ketones is 1. The van der Waals surface area contributed by atoms with Crippen LogP contribution in [0.25, 0.3) is 11.0 Å². The average Bonchev–Trinajstić information content (AvgIpc) is 3.17. The Morgan fingerprint density at radius 3 is 2.90 bits per heavy atom. The SMILES string of the molecule is CN1CN2CCCC=C2C(=O)C1CCN1CCC(c2noc3cc(F)ccc23)CC1. The fourth-order valence-corrected chi connectivity index (χ4v) is 5.22. The molecule has 0 aliphatic carbocycles. The number of likely N-dealkylation sites (N-methyl/N-ethyl adjacent to an activating group) is 1. The number of carbonyl (C=O) groups excluding carboxylic acids is 1. The van der Waals surface area contributed by atoms with Crippen molar-refractivity contribution in [2.45, 2.75) is 44.1 Å². The van der Waals surface area contributed by atoms with Crippen LogP contribution in [0.1, 0.15) is 43.7 Å². The second kappa shape index (κ2) is 8.12. The molecule has 2 fully saturated rings. The number of fused-ring (bicyclic) bond motifs is 2. The van der Waals surface area contributed by atoms with Crippen molar-refractivity contribution in [1.29, 1.82) is 0 Å². The van der Waals surface area contributed by atoms with Gasteiger partial charge in [0.15, 0.2) is 11.4 Å². The van der Waals surface area contributed by atoms with Crippen LogP contribution in [0, 0.1) is 5.82 Å². The Balaban J connectivity index is 1.17. The van der Waals surface area contributed by atoms with Gasteiger partial charge < -0.3 is 14.3 Å². The first-order valence-corrected chi connectivity index (χ1v) is 11.1. The summed E-state index contributed by atoms with van der Waals surface area (Å²) in [7, 11) is 2.07. The summed E-state index contributed by atoms with van der Waals surface area (Å²) in [5.41, 5.74) is 2.42. The lowest BCUT2D eigenvalue weighted by Crippen LogP contribution is -2.55. The van der Waals surface area contributed by atoms with Gasteiger partial charge in [-0.2, -0.15) is 0 Å². The highest BCUT2D eigenvalue weighted by Crippen LogP contribution is 2.33. The summed E-state index contributed by atoms with van der Waals surface area (Å²) in [6, 6.07) is 4.63. The molecule has 1 unspecified atom stereocenters. The summed E-state index contributed by atoms with van der Waals surface area (Å²) in [5.74, 6) is 0.335. The van der Waals surface area contributed by atoms with Crippen LogP contribution >= 0.6 is 0 Å². The molecule has 0 bridgehead atoms. The van der Waals surface area contributed by atoms with Crippen molar-refractivity contribution in [3.63, 3.8) is 0 Å². The number of benzene rings is 1. The van der Waals surface area contributed by atoms with Crippen molar-refractivity contribution in [2.75, 3.05) is 39.9 Å². The van der Waals surface area contributed by atoms with E-state index in [0.717, 1.165) is 81.7 Å². The Kier molecular flexibility index (Phi) is 5.33. The molecule has 4 heterocycles. The highest BCUT2D eigenvalue weighted by atomic mass is 19.1. The summed E-state index contributed by atoms with van der Waals surface area (Å²) in [5, 5.41) is 5.17. The largest absolute Gasteiger partial charge is 0.356 e. The van der Waals surface area contributed by atoms with E-state index in [9.17, 15) is 9.18 Å². The number of aromatic nitrogens is 1. The normalized spacial score (nSPS) is 24.3. The topological polar surface area (TPSA) is 52.8 Å². The van der Waals surface area contributed by atoms with Crippen LogP contribution in [0.15, 0.2) is 34.5 Å². The third-order valence-corrected chi connectivity index (χ3v) is 6.95. The molecular weight excluding hydrogens is 383 g/mol. The molecule has 7 heteroatoms. The van der Waals surface area contributed by atoms with Crippen molar-refractivity contribution in [1.82, 2.24) is 19.9 Å². The van der Waals surface area contributed by atoms with E-state index in [2.05, 4.69) is 33.0 Å². The fraction of sp³-hybridized carbons (Fsp3) is 0.565. The van der Waals surface area contributed by atoms with E-state index in [0.29, 0.717) is 17.3 Å². The number of halogens is 1. The lowest BCUT2D eigenvalue weighted by atomic mass is 9.91. The summed E-state index contributed by atoms with van der Waals surface area (Å²) >= 11 is 0. The van der Waals surface area contributed by atoms with Crippen LogP contribution in [0.5, 0.6) is 0 Å². The molecule has 0 amide bonds. The molecule has 160 valence electrons. The Hall–Kier alpha value is -2.25. The number of nitrogens with zero attached hydrogens (tertiary/aromatic N) is 4. The van der Waals surface area contributed by atoms with Gasteiger partial charge in [0.25, 0.3) is 0 Å². The van der Waals surface area contributed by atoms with Gasteiger partial charge in [-0.25, -0.2) is 4.39 Å². The number of rotatable bonds is 4. The van der Waals surface area contributed by atoms with Gasteiger partial charge in [-0.15, -0.1) is 0 Å². The molecule has 0 spiro atoms. The van der Waals surface area contributed by atoms with Gasteiger partial charge in [0.1, 0.15) is 5.82 Å². The van der Waals surface area contributed by atoms with Crippen LogP contribution in [0.2, 0.25) is 0 Å². The first-order chi connectivity index (χ1) is 14.6. The number of allylic oxidation sites excluding steroid dienone is 1. The minimum absolute atomic E-state index is 0.0160. The van der Waals surface area contributed by atoms with Crippen molar-refractivity contribution < 1.29 is 13.7 Å². The van der Waals surface area contributed by atoms with Crippen LogP contribution < -0.4 is 0 Å².